The van der Waals surface area contributed by atoms with E-state index in [1.165, 1.54) is 22.7 Å². The third-order valence-corrected chi connectivity index (χ3v) is 5.38. The van der Waals surface area contributed by atoms with Gasteiger partial charge in [-0.1, -0.05) is 6.92 Å². The summed E-state index contributed by atoms with van der Waals surface area (Å²) in [4.78, 5) is 17.0. The van der Waals surface area contributed by atoms with E-state index in [1.54, 1.807) is 0 Å². The summed E-state index contributed by atoms with van der Waals surface area (Å²) in [6.45, 7) is 8.82. The van der Waals surface area contributed by atoms with E-state index in [0.717, 1.165) is 37.1 Å². The zero-order valence-electron chi connectivity index (χ0n) is 14.6. The second-order valence-corrected chi connectivity index (χ2v) is 7.21. The van der Waals surface area contributed by atoms with E-state index in [1.807, 2.05) is 5.38 Å². The van der Waals surface area contributed by atoms with Crippen LogP contribution in [0.2, 0.25) is 0 Å². The lowest BCUT2D eigenvalue weighted by molar-refractivity contribution is -0.122. The maximum Gasteiger partial charge on any atom is 0.229 e. The molecule has 0 aromatic carbocycles. The highest BCUT2D eigenvalue weighted by molar-refractivity contribution is 7.14. The second kappa shape index (κ2) is 7.49. The molecule has 5 nitrogen and oxygen atoms in total. The number of nitrogens with zero attached hydrogens (tertiary/aromatic N) is 2. The van der Waals surface area contributed by atoms with Crippen molar-refractivity contribution in [2.24, 2.45) is 5.92 Å². The zero-order valence-corrected chi connectivity index (χ0v) is 15.4. The molecule has 3 rings (SSSR count). The number of carbonyl (C=O) groups excluding carboxylic acids is 1. The minimum atomic E-state index is 0.0423. The third-order valence-electron chi connectivity index (χ3n) is 4.62. The number of hydrogen-bond donors (Lipinski definition) is 1. The molecule has 0 atom stereocenters. The highest BCUT2D eigenvalue weighted by atomic mass is 32.1. The molecule has 0 unspecified atom stereocenters. The van der Waals surface area contributed by atoms with Crippen molar-refractivity contribution in [3.8, 4) is 11.3 Å². The fraction of sp³-hybridized carbons (Fsp3) is 0.556. The van der Waals surface area contributed by atoms with Gasteiger partial charge in [0.15, 0.2) is 5.13 Å². The SMILES string of the molecule is CCCn1c(C)cc(-c2csc(NC(=O)C3CCOCC3)n2)c1C. The van der Waals surface area contributed by atoms with Crippen LogP contribution in [0.3, 0.4) is 0 Å². The Morgan fingerprint density at radius 3 is 2.88 bits per heavy atom. The van der Waals surface area contributed by atoms with Gasteiger partial charge in [0.1, 0.15) is 0 Å². The molecule has 3 heterocycles. The quantitative estimate of drug-likeness (QED) is 0.889. The lowest BCUT2D eigenvalue weighted by atomic mass is 10.00. The number of thiazole rings is 1. The molecule has 2 aromatic heterocycles. The average molecular weight is 347 g/mol. The third kappa shape index (κ3) is 3.54. The van der Waals surface area contributed by atoms with Crippen molar-refractivity contribution in [1.29, 1.82) is 0 Å². The number of hydrogen-bond acceptors (Lipinski definition) is 4. The fourth-order valence-corrected chi connectivity index (χ4v) is 3.96. The van der Waals surface area contributed by atoms with Gasteiger partial charge in [0.2, 0.25) is 5.91 Å². The number of nitrogens with one attached hydrogen (secondary N) is 1. The molecule has 1 aliphatic heterocycles. The van der Waals surface area contributed by atoms with Gasteiger partial charge >= 0.3 is 0 Å². The topological polar surface area (TPSA) is 56.2 Å². The molecule has 0 bridgehead atoms. The van der Waals surface area contributed by atoms with E-state index in [2.05, 4.69) is 41.7 Å². The Morgan fingerprint density at radius 1 is 1.42 bits per heavy atom. The van der Waals surface area contributed by atoms with Gasteiger partial charge < -0.3 is 14.6 Å². The van der Waals surface area contributed by atoms with Crippen molar-refractivity contribution in [2.75, 3.05) is 18.5 Å². The molecule has 1 amide bonds. The van der Waals surface area contributed by atoms with Crippen LogP contribution in [0.5, 0.6) is 0 Å². The molecule has 1 aliphatic rings. The molecule has 24 heavy (non-hydrogen) atoms. The van der Waals surface area contributed by atoms with Crippen LogP contribution in [-0.2, 0) is 16.1 Å². The minimum Gasteiger partial charge on any atom is -0.381 e. The maximum atomic E-state index is 12.3. The molecule has 6 heteroatoms. The maximum absolute atomic E-state index is 12.3. The van der Waals surface area contributed by atoms with Crippen molar-refractivity contribution in [1.82, 2.24) is 9.55 Å². The van der Waals surface area contributed by atoms with E-state index < -0.39 is 0 Å². The predicted octanol–water partition coefficient (Wildman–Crippen LogP) is 4.00. The van der Waals surface area contributed by atoms with Gasteiger partial charge in [-0.05, 0) is 39.2 Å². The number of anilines is 1. The Labute approximate surface area is 147 Å². The lowest BCUT2D eigenvalue weighted by Gasteiger charge is -2.20. The van der Waals surface area contributed by atoms with Crippen LogP contribution in [0.4, 0.5) is 5.13 Å². The molecular formula is C18H25N3O2S. The summed E-state index contributed by atoms with van der Waals surface area (Å²) in [5.74, 6) is 0.108. The van der Waals surface area contributed by atoms with E-state index in [0.29, 0.717) is 18.3 Å². The molecule has 0 saturated carbocycles. The predicted molar refractivity (Wildman–Crippen MR) is 97.5 cm³/mol. The molecule has 1 N–H and O–H groups in total. The van der Waals surface area contributed by atoms with Crippen LogP contribution in [0.25, 0.3) is 11.3 Å². The smallest absolute Gasteiger partial charge is 0.229 e. The van der Waals surface area contributed by atoms with Crippen LogP contribution >= 0.6 is 11.3 Å². The van der Waals surface area contributed by atoms with Gasteiger partial charge in [0, 0.05) is 48.0 Å². The number of aryl methyl sites for hydroxylation is 1. The van der Waals surface area contributed by atoms with Crippen LogP contribution in [0, 0.1) is 19.8 Å². The van der Waals surface area contributed by atoms with Crippen molar-refractivity contribution >= 4 is 22.4 Å². The summed E-state index contributed by atoms with van der Waals surface area (Å²) in [6, 6.07) is 2.18. The normalized spacial score (nSPS) is 15.6. The van der Waals surface area contributed by atoms with E-state index in [4.69, 9.17) is 4.74 Å². The molecule has 2 aromatic rings. The summed E-state index contributed by atoms with van der Waals surface area (Å²) >= 11 is 1.49. The van der Waals surface area contributed by atoms with E-state index >= 15 is 0 Å². The summed E-state index contributed by atoms with van der Waals surface area (Å²) < 4.78 is 7.64. The Balaban J connectivity index is 1.73. The Hall–Kier alpha value is -1.66. The average Bonchev–Trinajstić information content (AvgIpc) is 3.15. The minimum absolute atomic E-state index is 0.0423. The molecule has 1 fully saturated rings. The Bertz CT molecular complexity index is 714. The standard InChI is InChI=1S/C18H25N3O2S/c1-4-7-21-12(2)10-15(13(21)3)16-11-24-18(19-16)20-17(22)14-5-8-23-9-6-14/h10-11,14H,4-9H2,1-3H3,(H,19,20,22). The fourth-order valence-electron chi connectivity index (χ4n) is 3.25. The summed E-state index contributed by atoms with van der Waals surface area (Å²) in [7, 11) is 0. The molecule has 1 saturated heterocycles. The summed E-state index contributed by atoms with van der Waals surface area (Å²) in [5, 5.41) is 5.68. The van der Waals surface area contributed by atoms with Gasteiger partial charge in [-0.2, -0.15) is 0 Å². The van der Waals surface area contributed by atoms with E-state index in [9.17, 15) is 4.79 Å². The van der Waals surface area contributed by atoms with Gasteiger partial charge in [-0.15, -0.1) is 11.3 Å². The number of rotatable bonds is 5. The number of amides is 1. The van der Waals surface area contributed by atoms with Crippen LogP contribution in [0.15, 0.2) is 11.4 Å². The first kappa shape index (κ1) is 17.2. The largest absolute Gasteiger partial charge is 0.381 e. The highest BCUT2D eigenvalue weighted by Gasteiger charge is 2.22. The monoisotopic (exact) mass is 347 g/mol. The molecular weight excluding hydrogens is 322 g/mol. The van der Waals surface area contributed by atoms with Gasteiger partial charge in [-0.25, -0.2) is 4.98 Å². The molecule has 0 spiro atoms. The first-order valence-corrected chi connectivity index (χ1v) is 9.49. The van der Waals surface area contributed by atoms with Crippen LogP contribution < -0.4 is 5.32 Å². The van der Waals surface area contributed by atoms with Crippen LogP contribution in [0.1, 0.15) is 37.6 Å². The zero-order chi connectivity index (χ0) is 17.1. The van der Waals surface area contributed by atoms with E-state index in [-0.39, 0.29) is 11.8 Å². The molecule has 0 aliphatic carbocycles. The van der Waals surface area contributed by atoms with Gasteiger partial charge in [-0.3, -0.25) is 4.79 Å². The van der Waals surface area contributed by atoms with Crippen LogP contribution in [-0.4, -0.2) is 28.7 Å². The van der Waals surface area contributed by atoms with Crippen molar-refractivity contribution in [3.63, 3.8) is 0 Å². The lowest BCUT2D eigenvalue weighted by Crippen LogP contribution is -2.28. The molecule has 130 valence electrons. The number of ether oxygens (including phenoxy) is 1. The number of carbonyl (C=O) groups is 1. The van der Waals surface area contributed by atoms with Gasteiger partial charge in [0.05, 0.1) is 5.69 Å². The van der Waals surface area contributed by atoms with Crippen molar-refractivity contribution in [2.45, 2.75) is 46.6 Å². The molecule has 0 radical (unpaired) electrons. The first-order valence-electron chi connectivity index (χ1n) is 8.61. The second-order valence-electron chi connectivity index (χ2n) is 6.35. The first-order chi connectivity index (χ1) is 11.6. The summed E-state index contributed by atoms with van der Waals surface area (Å²) in [5.41, 5.74) is 4.59. The van der Waals surface area contributed by atoms with Crippen molar-refractivity contribution in [3.05, 3.63) is 22.8 Å². The van der Waals surface area contributed by atoms with Gasteiger partial charge in [0.25, 0.3) is 0 Å². The van der Waals surface area contributed by atoms with Crippen molar-refractivity contribution < 1.29 is 9.53 Å². The Morgan fingerprint density at radius 2 is 2.17 bits per heavy atom. The summed E-state index contributed by atoms with van der Waals surface area (Å²) in [6.07, 6.45) is 2.70. The number of aromatic nitrogens is 2. The highest BCUT2D eigenvalue weighted by Crippen LogP contribution is 2.30. The Kier molecular flexibility index (Phi) is 5.36.